The quantitative estimate of drug-likeness (QED) is 0.0109. The Morgan fingerprint density at radius 1 is 0.459 bits per heavy atom. The fraction of sp³-hybridized carbons (Fsp3) is 0.631. The molecule has 1 aliphatic heterocycles. The van der Waals surface area contributed by atoms with E-state index < -0.39 is 209 Å². The number of carbonyl (C=O) groups excluding carboxylic acids is 15. The lowest BCUT2D eigenvalue weighted by molar-refractivity contribution is -0.143. The lowest BCUT2D eigenvalue weighted by Gasteiger charge is -2.32. The molecule has 752 valence electrons. The van der Waals surface area contributed by atoms with Gasteiger partial charge in [-0.1, -0.05) is 71.9 Å². The second kappa shape index (κ2) is 60.6. The molecule has 0 radical (unpaired) electrons. The summed E-state index contributed by atoms with van der Waals surface area (Å²) in [6.07, 6.45) is 7.06. The van der Waals surface area contributed by atoms with Gasteiger partial charge in [-0.25, -0.2) is 14.8 Å². The molecule has 32 N–H and O–H groups in total. The van der Waals surface area contributed by atoms with Crippen LogP contribution in [0.1, 0.15) is 149 Å². The molecule has 1 aromatic carbocycles. The maximum absolute atomic E-state index is 15.2. The number of benzene rings is 1. The van der Waals surface area contributed by atoms with E-state index in [1.165, 1.54) is 67.3 Å². The van der Waals surface area contributed by atoms with E-state index in [-0.39, 0.29) is 163 Å². The van der Waals surface area contributed by atoms with E-state index in [1.54, 1.807) is 84.4 Å². The summed E-state index contributed by atoms with van der Waals surface area (Å²) in [4.78, 5) is 244. The molecule has 0 bridgehead atoms. The van der Waals surface area contributed by atoms with Crippen molar-refractivity contribution in [1.82, 2.24) is 115 Å². The number of rotatable bonds is 62. The first-order valence-electron chi connectivity index (χ1n) is 44.6. The number of nitrogens with two attached hydrogens (primary N) is 4. The number of H-pyrrole nitrogens is 2. The molecule has 1 aliphatic rings. The Hall–Kier alpha value is -11.7. The minimum atomic E-state index is -1.85. The number of nitrogens with zero attached hydrogens (tertiary/aromatic N) is 3. The maximum Gasteiger partial charge on any atom is 0.327 e. The average molecular weight is 1970 g/mol. The largest absolute Gasteiger partial charge is 0.480 e. The zero-order valence-corrected chi connectivity index (χ0v) is 81.2. The topological polar surface area (TPSA) is 754 Å². The van der Waals surface area contributed by atoms with Crippen molar-refractivity contribution < 1.29 is 86.9 Å². The normalized spacial score (nSPS) is 15.9. The molecule has 0 spiro atoms. The number of carbonyl (C=O) groups is 16. The minimum absolute atomic E-state index is 0.00625. The molecule has 3 heterocycles. The maximum atomic E-state index is 15.2. The van der Waals surface area contributed by atoms with E-state index in [0.717, 1.165) is 0 Å². The number of nitrogens with one attached hydrogen (secondary N) is 22. The SMILES string of the molecule is CSCC[C@H](NC(=O)[C@H](CC(C)C)NC(=O)[C@H](C)NC(=O)[C@H](CCCNC(=N)N)NC(=O)[C@@H]1CCCN1C(=O)[C@H](CC(C)C)NC(=O)[C@H](Cc1cnc[nH]1)NC(=O)[C@H](Cc1ccccc1)NC(=O)[C@H](Cc1cnc[nH]1)NC(=O)[C@@H](NC(=O)[C@@H](NC(=O)[C@H](CCCNC(=N)N)NC(=O)[C@H](CCSC)NC(=O)[C@@H](N)CS)C(C)C)[C@@H](C)O)C(=O)N[C@@H](CCCNC(=N)N)C(=O)N[C@@H](CS)C(=O)O. The summed E-state index contributed by atoms with van der Waals surface area (Å²) in [6.45, 7) is 13.0. The molecule has 0 aliphatic carbocycles. The number of imidazole rings is 2. The molecule has 2 aromatic heterocycles. The third-order valence-corrected chi connectivity index (χ3v) is 23.4. The molecule has 1 fully saturated rings. The van der Waals surface area contributed by atoms with Crippen LogP contribution < -0.4 is 113 Å². The Kier molecular flexibility index (Phi) is 51.9. The number of aliphatic hydroxyl groups is 1. The molecule has 0 saturated carbocycles. The van der Waals surface area contributed by atoms with Gasteiger partial charge in [0.05, 0.1) is 24.8 Å². The Morgan fingerprint density at radius 2 is 0.830 bits per heavy atom. The number of carboxylic acids is 1. The lowest BCUT2D eigenvalue weighted by Crippen LogP contribution is -2.63. The summed E-state index contributed by atoms with van der Waals surface area (Å²) >= 11 is 10.8. The molecule has 1 saturated heterocycles. The number of aromatic amines is 2. The van der Waals surface area contributed by atoms with Crippen LogP contribution in [-0.2, 0) is 96.0 Å². The number of aromatic nitrogens is 4. The highest BCUT2D eigenvalue weighted by atomic mass is 32.2. The molecule has 4 rings (SSSR count). The van der Waals surface area contributed by atoms with Crippen molar-refractivity contribution >= 4 is 161 Å². The Labute approximate surface area is 804 Å². The number of aliphatic hydroxyl groups excluding tert-OH is 1. The van der Waals surface area contributed by atoms with Crippen molar-refractivity contribution in [3.63, 3.8) is 0 Å². The van der Waals surface area contributed by atoms with Gasteiger partial charge in [0.2, 0.25) is 88.6 Å². The number of amides is 15. The molecule has 51 heteroatoms. The third-order valence-electron chi connectivity index (χ3n) is 21.4. The number of hydrogen-bond donors (Lipinski definition) is 30. The average Bonchev–Trinajstić information content (AvgIpc) is 1.69. The van der Waals surface area contributed by atoms with Gasteiger partial charge in [0.25, 0.3) is 0 Å². The van der Waals surface area contributed by atoms with Crippen molar-refractivity contribution in [1.29, 1.82) is 16.2 Å². The second-order valence-corrected chi connectivity index (χ2v) is 36.6. The molecule has 17 atom stereocenters. The van der Waals surface area contributed by atoms with Crippen LogP contribution in [0.3, 0.4) is 0 Å². The number of thiol groups is 2. The Balaban J connectivity index is 1.63. The molecule has 15 amide bonds. The molecule has 135 heavy (non-hydrogen) atoms. The van der Waals surface area contributed by atoms with Gasteiger partial charge in [-0.15, -0.1) is 0 Å². The van der Waals surface area contributed by atoms with Gasteiger partial charge in [-0.05, 0) is 138 Å². The number of likely N-dealkylation sites (tertiary alicyclic amines) is 1. The Bertz CT molecular complexity index is 4390. The van der Waals surface area contributed by atoms with Crippen molar-refractivity contribution in [3.05, 3.63) is 72.3 Å². The van der Waals surface area contributed by atoms with Gasteiger partial charge in [-0.2, -0.15) is 48.8 Å². The van der Waals surface area contributed by atoms with Crippen LogP contribution in [0, 0.1) is 34.0 Å². The van der Waals surface area contributed by atoms with E-state index in [4.69, 9.17) is 39.2 Å². The van der Waals surface area contributed by atoms with Crippen molar-refractivity contribution in [2.45, 2.75) is 254 Å². The zero-order chi connectivity index (χ0) is 101. The van der Waals surface area contributed by atoms with Gasteiger partial charge < -0.3 is 138 Å². The lowest BCUT2D eigenvalue weighted by atomic mass is 10.00. The van der Waals surface area contributed by atoms with Crippen LogP contribution in [0.15, 0.2) is 55.4 Å². The van der Waals surface area contributed by atoms with Gasteiger partial charge in [0.15, 0.2) is 17.9 Å². The highest BCUT2D eigenvalue weighted by Gasteiger charge is 2.43. The van der Waals surface area contributed by atoms with Crippen LogP contribution in [0.25, 0.3) is 0 Å². The van der Waals surface area contributed by atoms with E-state index in [1.807, 2.05) is 0 Å². The predicted octanol–water partition coefficient (Wildman–Crippen LogP) is -5.34. The number of guanidine groups is 3. The summed E-state index contributed by atoms with van der Waals surface area (Å²) in [5.41, 5.74) is 23.5. The fourth-order valence-electron chi connectivity index (χ4n) is 14.1. The predicted molar refractivity (Wildman–Crippen MR) is 514 cm³/mol. The Morgan fingerprint density at radius 3 is 1.24 bits per heavy atom. The summed E-state index contributed by atoms with van der Waals surface area (Å²) in [5.74, 6) is -16.3. The highest BCUT2D eigenvalue weighted by molar-refractivity contribution is 7.98. The van der Waals surface area contributed by atoms with Gasteiger partial charge in [-0.3, -0.25) is 88.1 Å². The summed E-state index contributed by atoms with van der Waals surface area (Å²) in [7, 11) is 0. The van der Waals surface area contributed by atoms with Crippen molar-refractivity contribution in [2.24, 2.45) is 40.7 Å². The number of thioether (sulfide) groups is 2. The van der Waals surface area contributed by atoms with Crippen molar-refractivity contribution in [2.75, 3.05) is 61.7 Å². The van der Waals surface area contributed by atoms with E-state index >= 15 is 19.2 Å². The zero-order valence-electron chi connectivity index (χ0n) is 77.8. The molecule has 47 nitrogen and oxygen atoms in total. The fourth-order valence-corrected chi connectivity index (χ4v) is 15.5. The van der Waals surface area contributed by atoms with Crippen LogP contribution in [0.5, 0.6) is 0 Å². The molecule has 3 aromatic rings. The van der Waals surface area contributed by atoms with E-state index in [2.05, 4.69) is 136 Å². The van der Waals surface area contributed by atoms with Crippen LogP contribution in [0.4, 0.5) is 0 Å². The summed E-state index contributed by atoms with van der Waals surface area (Å²) in [6, 6.07) is -14.1. The standard InChI is InChI=1S/C84H139N29O18S4/c1-43(2)32-57(73(122)103-56(25-31-135-10)71(120)101-53(21-15-27-95-83(88)89)69(118)110-62(40-133)81(130)131)105-66(115)46(7)99-68(117)52(20-14-26-94-82(86)87)104-77(126)63-23-17-29-113(63)80(129)61(33-44(3)4)109-76(125)59(35-49-37-92-41-97-49)107-74(123)58(34-48-18-12-11-13-19-48)106-75(124)60(36-50-38-93-42-98-50)108-79(128)65(47(8)114)112-78(127)64(45(5)6)111-72(121)54(22-16-28-96-84(90)91)102-70(119)55(24-30-134-9)100-67(116)51(85)39-132/h11-13,18-19,37-38,41-47,51-65,114,132-133H,14-17,20-36,39-40,85H2,1-10H3,(H,92,97)(H,93,98)(H,99,117)(H,100,116)(H,101,120)(H,102,119)(H,103,122)(H,104,126)(H,105,115)(H,106,124)(H,107,123)(H,108,128)(H,109,125)(H,110,118)(H,111,121)(H,112,127)(H,130,131)(H4,86,87,94)(H4,88,89,95)(H4,90,91,96)/t46-,47+,51-,52-,53-,54-,55-,56-,57-,58-,59-,60-,61-,62-,63-,64-,65-/m0/s1. The molecule has 0 unspecified atom stereocenters. The number of hydrogen-bond acceptors (Lipinski definition) is 27. The summed E-state index contributed by atoms with van der Waals surface area (Å²) in [5, 5.41) is 88.6. The third kappa shape index (κ3) is 42.0. The van der Waals surface area contributed by atoms with E-state index in [0.29, 0.717) is 22.8 Å². The van der Waals surface area contributed by atoms with E-state index in [9.17, 15) is 67.7 Å². The van der Waals surface area contributed by atoms with Crippen LogP contribution in [0.2, 0.25) is 0 Å². The number of carboxylic acid groups (broad SMARTS) is 1. The summed E-state index contributed by atoms with van der Waals surface area (Å²) < 4.78 is 0. The number of aliphatic carboxylic acids is 1. The van der Waals surface area contributed by atoms with Gasteiger partial charge >= 0.3 is 5.97 Å². The van der Waals surface area contributed by atoms with Gasteiger partial charge in [0, 0.05) is 80.7 Å². The smallest absolute Gasteiger partial charge is 0.327 e. The minimum Gasteiger partial charge on any atom is -0.480 e. The molecular formula is C84H139N29O18S4. The second-order valence-electron chi connectivity index (χ2n) is 33.9. The van der Waals surface area contributed by atoms with Crippen LogP contribution >= 0.6 is 48.8 Å². The monoisotopic (exact) mass is 1970 g/mol. The van der Waals surface area contributed by atoms with Crippen LogP contribution in [-0.4, -0.2) is 312 Å². The van der Waals surface area contributed by atoms with Gasteiger partial charge in [0.1, 0.15) is 90.6 Å². The van der Waals surface area contributed by atoms with Crippen molar-refractivity contribution in [3.8, 4) is 0 Å². The first kappa shape index (κ1) is 116. The first-order valence-corrected chi connectivity index (χ1v) is 48.6. The first-order chi connectivity index (χ1) is 63.9. The highest BCUT2D eigenvalue weighted by Crippen LogP contribution is 2.23. The molecular weight excluding hydrogens is 1830 g/mol.